The van der Waals surface area contributed by atoms with Gasteiger partial charge in [-0.1, -0.05) is 104 Å². The first-order chi connectivity index (χ1) is 14.8. The number of ether oxygens (including phenoxy) is 4. The van der Waals surface area contributed by atoms with Crippen molar-refractivity contribution in [1.82, 2.24) is 0 Å². The van der Waals surface area contributed by atoms with Crippen molar-refractivity contribution in [1.29, 1.82) is 0 Å². The summed E-state index contributed by atoms with van der Waals surface area (Å²) in [7, 11) is 1.70. The van der Waals surface area contributed by atoms with Gasteiger partial charge in [0.15, 0.2) is 0 Å². The zero-order valence-electron chi connectivity index (χ0n) is 20.8. The van der Waals surface area contributed by atoms with Crippen molar-refractivity contribution in [3.8, 4) is 0 Å². The Kier molecular flexibility index (Phi) is 26.7. The molecule has 0 radical (unpaired) electrons. The molecule has 0 atom stereocenters. The van der Waals surface area contributed by atoms with Crippen LogP contribution in [0, 0.1) is 0 Å². The zero-order valence-corrected chi connectivity index (χ0v) is 20.8. The molecule has 0 aliphatic heterocycles. The van der Waals surface area contributed by atoms with Gasteiger partial charge in [-0.2, -0.15) is 0 Å². The van der Waals surface area contributed by atoms with Crippen LogP contribution in [0.1, 0.15) is 117 Å². The lowest BCUT2D eigenvalue weighted by atomic mass is 10.1. The van der Waals surface area contributed by atoms with Gasteiger partial charge >= 0.3 is 0 Å². The first kappa shape index (κ1) is 29.8. The molecule has 0 aromatic heterocycles. The van der Waals surface area contributed by atoms with Crippen molar-refractivity contribution in [3.63, 3.8) is 0 Å². The molecule has 0 N–H and O–H groups in total. The lowest BCUT2D eigenvalue weighted by Crippen LogP contribution is -2.27. The smallest absolute Gasteiger partial charge is 0.104 e. The van der Waals surface area contributed by atoms with Crippen LogP contribution in [-0.2, 0) is 18.9 Å². The highest BCUT2D eigenvalue weighted by atomic mass is 16.6. The molecule has 0 aliphatic rings. The number of rotatable bonds is 26. The maximum Gasteiger partial charge on any atom is 0.104 e. The highest BCUT2D eigenvalue weighted by Gasteiger charge is 2.10. The van der Waals surface area contributed by atoms with Crippen LogP contribution in [-0.4, -0.2) is 52.9 Å². The van der Waals surface area contributed by atoms with Gasteiger partial charge in [0.2, 0.25) is 0 Å². The lowest BCUT2D eigenvalue weighted by molar-refractivity contribution is -0.0706. The van der Waals surface area contributed by atoms with E-state index in [1.807, 2.05) is 0 Å². The van der Waals surface area contributed by atoms with Crippen LogP contribution < -0.4 is 0 Å². The van der Waals surface area contributed by atoms with Crippen molar-refractivity contribution in [2.45, 2.75) is 123 Å². The van der Waals surface area contributed by atoms with Crippen LogP contribution in [0.3, 0.4) is 0 Å². The molecule has 0 heterocycles. The SMILES string of the molecule is CCCCCCCCCCOCC(COCCCCCCCCCC)OCCOC. The van der Waals surface area contributed by atoms with E-state index in [1.54, 1.807) is 7.11 Å². The van der Waals surface area contributed by atoms with Gasteiger partial charge in [0, 0.05) is 20.3 Å². The summed E-state index contributed by atoms with van der Waals surface area (Å²) in [6.07, 6.45) is 21.3. The van der Waals surface area contributed by atoms with E-state index in [0.29, 0.717) is 26.4 Å². The van der Waals surface area contributed by atoms with E-state index in [9.17, 15) is 0 Å². The Morgan fingerprint density at radius 2 is 0.867 bits per heavy atom. The van der Waals surface area contributed by atoms with Crippen molar-refractivity contribution < 1.29 is 18.9 Å². The monoisotopic (exact) mass is 430 g/mol. The van der Waals surface area contributed by atoms with E-state index in [2.05, 4.69) is 13.8 Å². The van der Waals surface area contributed by atoms with Crippen molar-refractivity contribution in [3.05, 3.63) is 0 Å². The minimum atomic E-state index is 0.0169. The Bertz CT molecular complexity index is 275. The summed E-state index contributed by atoms with van der Waals surface area (Å²) in [5.41, 5.74) is 0. The molecule has 30 heavy (non-hydrogen) atoms. The second kappa shape index (κ2) is 26.9. The van der Waals surface area contributed by atoms with E-state index in [0.717, 1.165) is 26.1 Å². The fourth-order valence-corrected chi connectivity index (χ4v) is 3.55. The van der Waals surface area contributed by atoms with Crippen LogP contribution in [0.2, 0.25) is 0 Å². The van der Waals surface area contributed by atoms with Crippen LogP contribution in [0.15, 0.2) is 0 Å². The topological polar surface area (TPSA) is 36.9 Å². The van der Waals surface area contributed by atoms with Crippen LogP contribution >= 0.6 is 0 Å². The van der Waals surface area contributed by atoms with E-state index in [1.165, 1.54) is 89.9 Å². The summed E-state index contributed by atoms with van der Waals surface area (Å²) in [6, 6.07) is 0. The Labute approximate surface area is 188 Å². The van der Waals surface area contributed by atoms with Crippen molar-refractivity contribution >= 4 is 0 Å². The predicted octanol–water partition coefficient (Wildman–Crippen LogP) is 7.33. The highest BCUT2D eigenvalue weighted by molar-refractivity contribution is 4.57. The Morgan fingerprint density at radius 1 is 0.467 bits per heavy atom. The second-order valence-electron chi connectivity index (χ2n) is 8.59. The Morgan fingerprint density at radius 3 is 1.27 bits per heavy atom. The molecule has 0 saturated heterocycles. The average Bonchev–Trinajstić information content (AvgIpc) is 2.76. The molecule has 4 heteroatoms. The third-order valence-electron chi connectivity index (χ3n) is 5.53. The van der Waals surface area contributed by atoms with Gasteiger partial charge in [-0.15, -0.1) is 0 Å². The minimum absolute atomic E-state index is 0.0169. The summed E-state index contributed by atoms with van der Waals surface area (Å²) < 4.78 is 22.7. The van der Waals surface area contributed by atoms with Gasteiger partial charge in [0.1, 0.15) is 6.10 Å². The van der Waals surface area contributed by atoms with Gasteiger partial charge in [-0.3, -0.25) is 0 Å². The summed E-state index contributed by atoms with van der Waals surface area (Å²) in [5.74, 6) is 0. The van der Waals surface area contributed by atoms with Gasteiger partial charge in [0.25, 0.3) is 0 Å². The normalized spacial score (nSPS) is 11.6. The maximum atomic E-state index is 5.87. The van der Waals surface area contributed by atoms with Crippen molar-refractivity contribution in [2.75, 3.05) is 46.8 Å². The summed E-state index contributed by atoms with van der Waals surface area (Å²) in [5, 5.41) is 0. The average molecular weight is 431 g/mol. The molecular formula is C26H54O4. The second-order valence-corrected chi connectivity index (χ2v) is 8.59. The molecule has 4 nitrogen and oxygen atoms in total. The molecule has 0 spiro atoms. The number of hydrogen-bond donors (Lipinski definition) is 0. The number of methoxy groups -OCH3 is 1. The van der Waals surface area contributed by atoms with Gasteiger partial charge in [0.05, 0.1) is 26.4 Å². The van der Waals surface area contributed by atoms with Crippen LogP contribution in [0.4, 0.5) is 0 Å². The number of unbranched alkanes of at least 4 members (excludes halogenated alkanes) is 14. The van der Waals surface area contributed by atoms with Gasteiger partial charge < -0.3 is 18.9 Å². The molecule has 0 bridgehead atoms. The maximum absolute atomic E-state index is 5.87. The fourth-order valence-electron chi connectivity index (χ4n) is 3.55. The molecule has 0 saturated carbocycles. The first-order valence-corrected chi connectivity index (χ1v) is 13.1. The van der Waals surface area contributed by atoms with Gasteiger partial charge in [-0.05, 0) is 12.8 Å². The molecule has 0 aliphatic carbocycles. The summed E-state index contributed by atoms with van der Waals surface area (Å²) >= 11 is 0. The number of hydrogen-bond acceptors (Lipinski definition) is 4. The largest absolute Gasteiger partial charge is 0.382 e. The third kappa shape index (κ3) is 24.1. The van der Waals surface area contributed by atoms with E-state index < -0.39 is 0 Å². The predicted molar refractivity (Wildman–Crippen MR) is 128 cm³/mol. The molecule has 0 unspecified atom stereocenters. The first-order valence-electron chi connectivity index (χ1n) is 13.1. The molecule has 0 aromatic carbocycles. The quantitative estimate of drug-likeness (QED) is 0.135. The Balaban J connectivity index is 3.61. The molecule has 0 rings (SSSR count). The molecule has 182 valence electrons. The molecule has 0 aromatic rings. The molecule has 0 amide bonds. The molecule has 0 fully saturated rings. The van der Waals surface area contributed by atoms with Crippen LogP contribution in [0.25, 0.3) is 0 Å². The van der Waals surface area contributed by atoms with Crippen molar-refractivity contribution in [2.24, 2.45) is 0 Å². The zero-order chi connectivity index (χ0) is 22.0. The third-order valence-corrected chi connectivity index (χ3v) is 5.53. The van der Waals surface area contributed by atoms with E-state index in [-0.39, 0.29) is 6.10 Å². The highest BCUT2D eigenvalue weighted by Crippen LogP contribution is 2.10. The lowest BCUT2D eigenvalue weighted by Gasteiger charge is -2.18. The van der Waals surface area contributed by atoms with Crippen LogP contribution in [0.5, 0.6) is 0 Å². The molecular weight excluding hydrogens is 376 g/mol. The standard InChI is InChI=1S/C26H54O4/c1-4-6-8-10-12-14-16-18-20-28-24-26(30-23-22-27-3)25-29-21-19-17-15-13-11-9-7-5-2/h26H,4-25H2,1-3H3. The van der Waals surface area contributed by atoms with E-state index >= 15 is 0 Å². The fraction of sp³-hybridized carbons (Fsp3) is 1.00. The Hall–Kier alpha value is -0.160. The summed E-state index contributed by atoms with van der Waals surface area (Å²) in [4.78, 5) is 0. The minimum Gasteiger partial charge on any atom is -0.382 e. The summed E-state index contributed by atoms with van der Waals surface area (Å²) in [6.45, 7) is 8.66. The van der Waals surface area contributed by atoms with E-state index in [4.69, 9.17) is 18.9 Å². The van der Waals surface area contributed by atoms with Gasteiger partial charge in [-0.25, -0.2) is 0 Å².